The van der Waals surface area contributed by atoms with E-state index in [2.05, 4.69) is 10.3 Å². The van der Waals surface area contributed by atoms with Gasteiger partial charge in [-0.05, 0) is 67.9 Å². The molecule has 0 fully saturated rings. The summed E-state index contributed by atoms with van der Waals surface area (Å²) in [5, 5.41) is 3.28. The molecular weight excluding hydrogens is 388 g/mol. The number of aryl methyl sites for hydroxylation is 1. The number of amides is 1. The van der Waals surface area contributed by atoms with E-state index in [1.54, 1.807) is 30.3 Å². The van der Waals surface area contributed by atoms with Gasteiger partial charge in [-0.25, -0.2) is 4.98 Å². The number of benzene rings is 3. The van der Waals surface area contributed by atoms with Crippen LogP contribution in [0.5, 0.6) is 5.75 Å². The van der Waals surface area contributed by atoms with Gasteiger partial charge in [-0.15, -0.1) is 0 Å². The zero-order chi connectivity index (χ0) is 20.4. The van der Waals surface area contributed by atoms with Crippen LogP contribution < -0.4 is 10.1 Å². The molecule has 0 unspecified atom stereocenters. The van der Waals surface area contributed by atoms with Gasteiger partial charge < -0.3 is 14.5 Å². The van der Waals surface area contributed by atoms with Crippen molar-refractivity contribution in [3.8, 4) is 17.2 Å². The molecule has 0 bridgehead atoms. The fraction of sp³-hybridized carbons (Fsp3) is 0.130. The van der Waals surface area contributed by atoms with Gasteiger partial charge in [-0.1, -0.05) is 23.7 Å². The third-order valence-corrected chi connectivity index (χ3v) is 4.74. The lowest BCUT2D eigenvalue weighted by Crippen LogP contribution is -2.12. The van der Waals surface area contributed by atoms with Gasteiger partial charge in [0.1, 0.15) is 11.3 Å². The van der Waals surface area contributed by atoms with Gasteiger partial charge in [0.15, 0.2) is 5.58 Å². The van der Waals surface area contributed by atoms with Crippen molar-refractivity contribution in [1.29, 1.82) is 0 Å². The molecule has 0 saturated heterocycles. The number of fused-ring (bicyclic) bond motifs is 1. The first-order valence-corrected chi connectivity index (χ1v) is 9.62. The SMILES string of the molecule is CCOc1cccc(C(=O)Nc2cc(-c3nc4cc(C)ccc4o3)ccc2Cl)c1. The molecule has 1 heterocycles. The van der Waals surface area contributed by atoms with E-state index in [1.165, 1.54) is 0 Å². The van der Waals surface area contributed by atoms with Gasteiger partial charge in [0.25, 0.3) is 5.91 Å². The maximum absolute atomic E-state index is 12.7. The Morgan fingerprint density at radius 1 is 1.14 bits per heavy atom. The molecule has 1 N–H and O–H groups in total. The number of oxazole rings is 1. The van der Waals surface area contributed by atoms with Crippen LogP contribution in [0.1, 0.15) is 22.8 Å². The Balaban J connectivity index is 1.62. The number of nitrogens with one attached hydrogen (secondary N) is 1. The Morgan fingerprint density at radius 3 is 2.83 bits per heavy atom. The minimum Gasteiger partial charge on any atom is -0.494 e. The van der Waals surface area contributed by atoms with Crippen LogP contribution in [0.2, 0.25) is 5.02 Å². The Hall–Kier alpha value is -3.31. The standard InChI is InChI=1S/C23H19ClN2O3/c1-3-28-17-6-4-5-15(12-17)22(27)25-19-13-16(8-9-18(19)24)23-26-20-11-14(2)7-10-21(20)29-23/h4-13H,3H2,1-2H3,(H,25,27). The van der Waals surface area contributed by atoms with Crippen LogP contribution in [-0.2, 0) is 0 Å². The average Bonchev–Trinajstić information content (AvgIpc) is 3.13. The van der Waals surface area contributed by atoms with Crippen LogP contribution in [0.4, 0.5) is 5.69 Å². The van der Waals surface area contributed by atoms with E-state index in [0.29, 0.717) is 40.1 Å². The number of nitrogens with zero attached hydrogens (tertiary/aromatic N) is 1. The zero-order valence-corrected chi connectivity index (χ0v) is 16.8. The quantitative estimate of drug-likeness (QED) is 0.434. The zero-order valence-electron chi connectivity index (χ0n) is 16.0. The number of anilines is 1. The molecule has 0 atom stereocenters. The van der Waals surface area contributed by atoms with Crippen molar-refractivity contribution in [2.45, 2.75) is 13.8 Å². The molecule has 29 heavy (non-hydrogen) atoms. The summed E-state index contributed by atoms with van der Waals surface area (Å²) in [6.45, 7) is 4.43. The molecular formula is C23H19ClN2O3. The number of halogens is 1. The monoisotopic (exact) mass is 406 g/mol. The maximum atomic E-state index is 12.7. The van der Waals surface area contributed by atoms with Crippen molar-refractivity contribution in [2.75, 3.05) is 11.9 Å². The first-order chi connectivity index (χ1) is 14.0. The van der Waals surface area contributed by atoms with Gasteiger partial charge in [0.2, 0.25) is 5.89 Å². The predicted molar refractivity (Wildman–Crippen MR) is 115 cm³/mol. The fourth-order valence-electron chi connectivity index (χ4n) is 3.00. The molecule has 0 spiro atoms. The van der Waals surface area contributed by atoms with Gasteiger partial charge in [0, 0.05) is 11.1 Å². The number of hydrogen-bond acceptors (Lipinski definition) is 4. The number of hydrogen-bond donors (Lipinski definition) is 1. The molecule has 0 aliphatic rings. The Morgan fingerprint density at radius 2 is 2.00 bits per heavy atom. The van der Waals surface area contributed by atoms with E-state index in [4.69, 9.17) is 20.8 Å². The number of aromatic nitrogens is 1. The second-order valence-corrected chi connectivity index (χ2v) is 7.01. The fourth-order valence-corrected chi connectivity index (χ4v) is 3.17. The topological polar surface area (TPSA) is 64.4 Å². The van der Waals surface area contributed by atoms with Crippen LogP contribution in [0.25, 0.3) is 22.6 Å². The minimum absolute atomic E-state index is 0.279. The third-order valence-electron chi connectivity index (χ3n) is 4.41. The summed E-state index contributed by atoms with van der Waals surface area (Å²) in [5.74, 6) is 0.830. The molecule has 0 aliphatic heterocycles. The Labute approximate surface area is 173 Å². The third kappa shape index (κ3) is 4.10. The first-order valence-electron chi connectivity index (χ1n) is 9.25. The average molecular weight is 407 g/mol. The molecule has 1 amide bonds. The lowest BCUT2D eigenvalue weighted by molar-refractivity contribution is 0.102. The van der Waals surface area contributed by atoms with E-state index in [-0.39, 0.29) is 5.91 Å². The van der Waals surface area contributed by atoms with Gasteiger partial charge in [-0.2, -0.15) is 0 Å². The molecule has 5 nitrogen and oxygen atoms in total. The van der Waals surface area contributed by atoms with Crippen LogP contribution in [0, 0.1) is 6.92 Å². The second-order valence-electron chi connectivity index (χ2n) is 6.60. The lowest BCUT2D eigenvalue weighted by atomic mass is 10.1. The molecule has 1 aromatic heterocycles. The highest BCUT2D eigenvalue weighted by Crippen LogP contribution is 2.31. The van der Waals surface area contributed by atoms with E-state index in [9.17, 15) is 4.79 Å². The lowest BCUT2D eigenvalue weighted by Gasteiger charge is -2.10. The highest BCUT2D eigenvalue weighted by Gasteiger charge is 2.14. The summed E-state index contributed by atoms with van der Waals surface area (Å²) in [6.07, 6.45) is 0. The summed E-state index contributed by atoms with van der Waals surface area (Å²) >= 11 is 6.31. The van der Waals surface area contributed by atoms with Crippen molar-refractivity contribution in [2.24, 2.45) is 0 Å². The molecule has 3 aromatic carbocycles. The molecule has 146 valence electrons. The Bertz CT molecular complexity index is 1200. The Kier molecular flexibility index (Phi) is 5.23. The van der Waals surface area contributed by atoms with Crippen molar-refractivity contribution >= 4 is 34.3 Å². The number of ether oxygens (including phenoxy) is 1. The van der Waals surface area contributed by atoms with Crippen molar-refractivity contribution in [3.63, 3.8) is 0 Å². The minimum atomic E-state index is -0.279. The van der Waals surface area contributed by atoms with Crippen molar-refractivity contribution < 1.29 is 13.9 Å². The molecule has 0 aliphatic carbocycles. The second kappa shape index (κ2) is 7.97. The van der Waals surface area contributed by atoms with Gasteiger partial charge >= 0.3 is 0 Å². The number of carbonyl (C=O) groups is 1. The highest BCUT2D eigenvalue weighted by atomic mass is 35.5. The van der Waals surface area contributed by atoms with E-state index in [0.717, 1.165) is 16.6 Å². The summed E-state index contributed by atoms with van der Waals surface area (Å²) in [4.78, 5) is 17.2. The predicted octanol–water partition coefficient (Wildman–Crippen LogP) is 6.11. The summed E-state index contributed by atoms with van der Waals surface area (Å²) < 4.78 is 11.3. The van der Waals surface area contributed by atoms with E-state index >= 15 is 0 Å². The molecule has 4 aromatic rings. The van der Waals surface area contributed by atoms with Crippen LogP contribution in [0.15, 0.2) is 65.1 Å². The number of rotatable bonds is 5. The summed E-state index contributed by atoms with van der Waals surface area (Å²) in [7, 11) is 0. The normalized spacial score (nSPS) is 10.9. The van der Waals surface area contributed by atoms with Crippen LogP contribution >= 0.6 is 11.6 Å². The smallest absolute Gasteiger partial charge is 0.255 e. The molecule has 0 radical (unpaired) electrons. The summed E-state index contributed by atoms with van der Waals surface area (Å²) in [5.41, 5.74) is 4.29. The van der Waals surface area contributed by atoms with Gasteiger partial charge in [-0.3, -0.25) is 4.79 Å². The van der Waals surface area contributed by atoms with Crippen LogP contribution in [-0.4, -0.2) is 17.5 Å². The maximum Gasteiger partial charge on any atom is 0.255 e. The van der Waals surface area contributed by atoms with E-state index < -0.39 is 0 Å². The molecule has 4 rings (SSSR count). The van der Waals surface area contributed by atoms with Crippen LogP contribution in [0.3, 0.4) is 0 Å². The van der Waals surface area contributed by atoms with E-state index in [1.807, 2.05) is 44.2 Å². The summed E-state index contributed by atoms with van der Waals surface area (Å²) in [6, 6.07) is 18.1. The highest BCUT2D eigenvalue weighted by molar-refractivity contribution is 6.34. The van der Waals surface area contributed by atoms with Gasteiger partial charge in [0.05, 0.1) is 17.3 Å². The van der Waals surface area contributed by atoms with Crippen molar-refractivity contribution in [1.82, 2.24) is 4.98 Å². The first kappa shape index (κ1) is 19.0. The largest absolute Gasteiger partial charge is 0.494 e. The van der Waals surface area contributed by atoms with Crippen molar-refractivity contribution in [3.05, 3.63) is 76.8 Å². The molecule has 6 heteroatoms. The number of carbonyl (C=O) groups excluding carboxylic acids is 1. The molecule has 0 saturated carbocycles.